The van der Waals surface area contributed by atoms with Crippen molar-refractivity contribution in [2.24, 2.45) is 0 Å². The largest absolute Gasteiger partial charge is 0.395 e. The lowest BCUT2D eigenvalue weighted by molar-refractivity contribution is -0.384. The molecule has 0 fully saturated rings. The second-order valence-electron chi connectivity index (χ2n) is 3.76. The molecular weight excluding hydrogens is 238 g/mol. The van der Waals surface area contributed by atoms with Gasteiger partial charge in [-0.3, -0.25) is 10.1 Å². The monoisotopic (exact) mass is 255 g/mol. The summed E-state index contributed by atoms with van der Waals surface area (Å²) in [5.74, 6) is 0. The number of hydrogen-bond donors (Lipinski definition) is 3. The van der Waals surface area contributed by atoms with E-state index in [9.17, 15) is 10.1 Å². The Bertz CT molecular complexity index is 411. The molecule has 7 heteroatoms. The summed E-state index contributed by atoms with van der Waals surface area (Å²) in [4.78, 5) is 12.1. The van der Waals surface area contributed by atoms with Gasteiger partial charge in [-0.25, -0.2) is 0 Å². The SMILES string of the molecule is CN(CCO)c1ccc(NCCO)cc1[N+](=O)[O-]. The number of nitro benzene ring substituents is 1. The predicted molar refractivity (Wildman–Crippen MR) is 69.0 cm³/mol. The van der Waals surface area contributed by atoms with Crippen LogP contribution in [-0.4, -0.2) is 48.5 Å². The van der Waals surface area contributed by atoms with Gasteiger partial charge in [-0.1, -0.05) is 0 Å². The van der Waals surface area contributed by atoms with Crippen molar-refractivity contribution in [2.75, 3.05) is 43.6 Å². The lowest BCUT2D eigenvalue weighted by atomic mass is 10.2. The highest BCUT2D eigenvalue weighted by Gasteiger charge is 2.17. The fraction of sp³-hybridized carbons (Fsp3) is 0.455. The van der Waals surface area contributed by atoms with E-state index in [0.29, 0.717) is 24.5 Å². The molecule has 0 saturated carbocycles. The Balaban J connectivity index is 3.00. The number of nitrogens with one attached hydrogen (secondary N) is 1. The van der Waals surface area contributed by atoms with Gasteiger partial charge in [0.25, 0.3) is 5.69 Å². The van der Waals surface area contributed by atoms with Crippen molar-refractivity contribution in [1.82, 2.24) is 0 Å². The Morgan fingerprint density at radius 2 is 2.11 bits per heavy atom. The molecule has 0 aliphatic rings. The Morgan fingerprint density at radius 1 is 1.39 bits per heavy atom. The van der Waals surface area contributed by atoms with Crippen LogP contribution in [0.3, 0.4) is 0 Å². The summed E-state index contributed by atoms with van der Waals surface area (Å²) in [5, 5.41) is 31.4. The number of anilines is 2. The highest BCUT2D eigenvalue weighted by Crippen LogP contribution is 2.30. The third-order valence-corrected chi connectivity index (χ3v) is 2.46. The van der Waals surface area contributed by atoms with E-state index in [1.165, 1.54) is 6.07 Å². The van der Waals surface area contributed by atoms with Gasteiger partial charge < -0.3 is 20.4 Å². The van der Waals surface area contributed by atoms with Crippen molar-refractivity contribution in [3.8, 4) is 0 Å². The first-order chi connectivity index (χ1) is 8.60. The summed E-state index contributed by atoms with van der Waals surface area (Å²) in [5.41, 5.74) is 0.995. The number of rotatable bonds is 7. The molecule has 3 N–H and O–H groups in total. The molecule has 0 heterocycles. The molecule has 0 aliphatic heterocycles. The first-order valence-electron chi connectivity index (χ1n) is 5.55. The van der Waals surface area contributed by atoms with Gasteiger partial charge in [0.05, 0.1) is 18.1 Å². The normalized spacial score (nSPS) is 10.2. The third-order valence-electron chi connectivity index (χ3n) is 2.46. The molecule has 0 spiro atoms. The molecule has 0 unspecified atom stereocenters. The van der Waals surface area contributed by atoms with Gasteiger partial charge in [0.15, 0.2) is 0 Å². The van der Waals surface area contributed by atoms with E-state index in [0.717, 1.165) is 0 Å². The van der Waals surface area contributed by atoms with Gasteiger partial charge in [0.2, 0.25) is 0 Å². The lowest BCUT2D eigenvalue weighted by Gasteiger charge is -2.18. The fourth-order valence-corrected chi connectivity index (χ4v) is 1.57. The Kier molecular flexibility index (Phi) is 5.34. The smallest absolute Gasteiger partial charge is 0.294 e. The minimum Gasteiger partial charge on any atom is -0.395 e. The summed E-state index contributed by atoms with van der Waals surface area (Å²) >= 11 is 0. The van der Waals surface area contributed by atoms with Crippen LogP contribution in [0.5, 0.6) is 0 Å². The predicted octanol–water partition coefficient (Wildman–Crippen LogP) is 0.427. The molecule has 7 nitrogen and oxygen atoms in total. The van der Waals surface area contributed by atoms with Crippen LogP contribution < -0.4 is 10.2 Å². The van der Waals surface area contributed by atoms with Gasteiger partial charge in [0.1, 0.15) is 5.69 Å². The lowest BCUT2D eigenvalue weighted by Crippen LogP contribution is -2.22. The summed E-state index contributed by atoms with van der Waals surface area (Å²) in [7, 11) is 1.68. The number of aliphatic hydroxyl groups is 2. The molecule has 0 amide bonds. The fourth-order valence-electron chi connectivity index (χ4n) is 1.57. The molecular formula is C11H17N3O4. The van der Waals surface area contributed by atoms with E-state index in [1.54, 1.807) is 24.1 Å². The van der Waals surface area contributed by atoms with Crippen molar-refractivity contribution < 1.29 is 15.1 Å². The van der Waals surface area contributed by atoms with Crippen molar-refractivity contribution in [3.63, 3.8) is 0 Å². The van der Waals surface area contributed by atoms with E-state index in [-0.39, 0.29) is 18.9 Å². The molecule has 0 bridgehead atoms. The molecule has 100 valence electrons. The Morgan fingerprint density at radius 3 is 2.67 bits per heavy atom. The molecule has 0 radical (unpaired) electrons. The summed E-state index contributed by atoms with van der Waals surface area (Å²) < 4.78 is 0. The van der Waals surface area contributed by atoms with Crippen LogP contribution in [0.4, 0.5) is 17.1 Å². The van der Waals surface area contributed by atoms with Crippen LogP contribution in [0.25, 0.3) is 0 Å². The van der Waals surface area contributed by atoms with Gasteiger partial charge in [-0.05, 0) is 12.1 Å². The van der Waals surface area contributed by atoms with Crippen LogP contribution in [0.15, 0.2) is 18.2 Å². The molecule has 1 aromatic carbocycles. The number of nitrogens with zero attached hydrogens (tertiary/aromatic N) is 2. The van der Waals surface area contributed by atoms with Crippen molar-refractivity contribution >= 4 is 17.1 Å². The summed E-state index contributed by atoms with van der Waals surface area (Å²) in [6.45, 7) is 0.547. The first-order valence-corrected chi connectivity index (χ1v) is 5.55. The zero-order chi connectivity index (χ0) is 13.5. The van der Waals surface area contributed by atoms with Crippen LogP contribution in [-0.2, 0) is 0 Å². The first kappa shape index (κ1) is 14.2. The third kappa shape index (κ3) is 3.57. The Labute approximate surface area is 105 Å². The molecule has 1 aromatic rings. The van der Waals surface area contributed by atoms with Gasteiger partial charge in [0, 0.05) is 31.9 Å². The van der Waals surface area contributed by atoms with Gasteiger partial charge >= 0.3 is 0 Å². The van der Waals surface area contributed by atoms with Gasteiger partial charge in [-0.2, -0.15) is 0 Å². The Hall–Kier alpha value is -1.86. The quantitative estimate of drug-likeness (QED) is 0.482. The molecule has 18 heavy (non-hydrogen) atoms. The number of likely N-dealkylation sites (N-methyl/N-ethyl adjacent to an activating group) is 1. The second kappa shape index (κ2) is 6.77. The molecule has 1 rings (SSSR count). The van der Waals surface area contributed by atoms with E-state index >= 15 is 0 Å². The molecule has 0 atom stereocenters. The van der Waals surface area contributed by atoms with E-state index < -0.39 is 4.92 Å². The molecule has 0 saturated heterocycles. The number of aliphatic hydroxyl groups excluding tert-OH is 2. The van der Waals surface area contributed by atoms with Crippen molar-refractivity contribution in [3.05, 3.63) is 28.3 Å². The minimum absolute atomic E-state index is 0.0334. The van der Waals surface area contributed by atoms with E-state index in [2.05, 4.69) is 5.32 Å². The van der Waals surface area contributed by atoms with Crippen LogP contribution >= 0.6 is 0 Å². The maximum atomic E-state index is 11.0. The minimum atomic E-state index is -0.465. The molecule has 0 aliphatic carbocycles. The average molecular weight is 255 g/mol. The number of hydrogen-bond acceptors (Lipinski definition) is 6. The molecule has 0 aromatic heterocycles. The zero-order valence-corrected chi connectivity index (χ0v) is 10.2. The van der Waals surface area contributed by atoms with Crippen molar-refractivity contribution in [2.45, 2.75) is 0 Å². The average Bonchev–Trinajstić information content (AvgIpc) is 2.36. The second-order valence-corrected chi connectivity index (χ2v) is 3.76. The standard InChI is InChI=1S/C11H17N3O4/c1-13(5-7-16)10-3-2-9(12-4-6-15)8-11(10)14(17)18/h2-3,8,12,15-16H,4-7H2,1H3. The van der Waals surface area contributed by atoms with Crippen molar-refractivity contribution in [1.29, 1.82) is 0 Å². The van der Waals surface area contributed by atoms with E-state index in [4.69, 9.17) is 10.2 Å². The maximum Gasteiger partial charge on any atom is 0.294 e. The summed E-state index contributed by atoms with van der Waals surface area (Å²) in [6.07, 6.45) is 0. The maximum absolute atomic E-state index is 11.0. The van der Waals surface area contributed by atoms with Crippen LogP contribution in [0, 0.1) is 10.1 Å². The van der Waals surface area contributed by atoms with E-state index in [1.807, 2.05) is 0 Å². The zero-order valence-electron chi connectivity index (χ0n) is 10.2. The van der Waals surface area contributed by atoms with Crippen LogP contribution in [0.2, 0.25) is 0 Å². The topological polar surface area (TPSA) is 98.9 Å². The highest BCUT2D eigenvalue weighted by molar-refractivity contribution is 5.68. The van der Waals surface area contributed by atoms with Crippen LogP contribution in [0.1, 0.15) is 0 Å². The number of benzene rings is 1. The van der Waals surface area contributed by atoms with Gasteiger partial charge in [-0.15, -0.1) is 0 Å². The number of nitro groups is 1. The summed E-state index contributed by atoms with van der Waals surface area (Å²) in [6, 6.07) is 4.73. The highest BCUT2D eigenvalue weighted by atomic mass is 16.6.